The third kappa shape index (κ3) is 20.9. The van der Waals surface area contributed by atoms with E-state index in [1.54, 1.807) is 4.90 Å². The maximum Gasteiger partial charge on any atom is 0.407 e. The number of nitrogens with one attached hydrogen (secondary N) is 1. The number of amides is 2. The Balaban J connectivity index is 1.91. The van der Waals surface area contributed by atoms with Crippen LogP contribution in [0.1, 0.15) is 186 Å². The Bertz CT molecular complexity index is 1030. The lowest BCUT2D eigenvalue weighted by Crippen LogP contribution is -2.68. The van der Waals surface area contributed by atoms with E-state index in [0.717, 1.165) is 50.5 Å². The first-order chi connectivity index (χ1) is 25.9. The Morgan fingerprint density at radius 2 is 1.11 bits per heavy atom. The summed E-state index contributed by atoms with van der Waals surface area (Å²) in [6, 6.07) is 8.13. The standard InChI is InChI=1S/C44H78N2O7/c1-3-5-7-9-11-13-15-16-17-18-19-20-22-24-29-33-39(48)46(34-30-25-23-21-14-12-10-8-6-4-2)43-40(42(50)41(49)38(35-47)53-43)45-44(51)52-36-37-31-27-26-28-32-37/h26-28,31-32,38,40-43,47,49-50H,3-25,29-30,33-36H2,1-2H3,(H,45,51)/t38-,40-,41+,42-,43-/m1/s1. The normalized spacial score (nSPS) is 20.0. The molecule has 1 heterocycles. The Morgan fingerprint density at radius 3 is 1.58 bits per heavy atom. The van der Waals surface area contributed by atoms with Crippen LogP contribution in [0.2, 0.25) is 0 Å². The van der Waals surface area contributed by atoms with Gasteiger partial charge < -0.3 is 35.0 Å². The van der Waals surface area contributed by atoms with Crippen LogP contribution in [-0.2, 0) is 20.9 Å². The Morgan fingerprint density at radius 1 is 0.660 bits per heavy atom. The van der Waals surface area contributed by atoms with E-state index < -0.39 is 43.3 Å². The number of hydrogen-bond donors (Lipinski definition) is 4. The largest absolute Gasteiger partial charge is 0.445 e. The van der Waals surface area contributed by atoms with Gasteiger partial charge >= 0.3 is 6.09 Å². The number of unbranched alkanes of at least 4 members (excludes halogenated alkanes) is 23. The maximum atomic E-state index is 13.9. The molecule has 0 aromatic heterocycles. The van der Waals surface area contributed by atoms with E-state index in [2.05, 4.69) is 19.2 Å². The molecule has 1 saturated heterocycles. The fourth-order valence-corrected chi connectivity index (χ4v) is 7.38. The van der Waals surface area contributed by atoms with Crippen LogP contribution in [0, 0.1) is 0 Å². The highest BCUT2D eigenvalue weighted by atomic mass is 16.6. The summed E-state index contributed by atoms with van der Waals surface area (Å²) in [7, 11) is 0. The van der Waals surface area contributed by atoms with Gasteiger partial charge in [-0.2, -0.15) is 0 Å². The van der Waals surface area contributed by atoms with Crippen molar-refractivity contribution >= 4 is 12.0 Å². The number of rotatable bonds is 32. The number of aliphatic hydroxyl groups excluding tert-OH is 3. The molecule has 1 aromatic rings. The van der Waals surface area contributed by atoms with Crippen LogP contribution >= 0.6 is 0 Å². The average molecular weight is 747 g/mol. The van der Waals surface area contributed by atoms with Gasteiger partial charge in [0.15, 0.2) is 6.23 Å². The summed E-state index contributed by atoms with van der Waals surface area (Å²) in [5.41, 5.74) is 0.807. The summed E-state index contributed by atoms with van der Waals surface area (Å²) in [6.45, 7) is 4.40. The number of carbonyl (C=O) groups is 2. The number of ether oxygens (including phenoxy) is 2. The zero-order valence-corrected chi connectivity index (χ0v) is 33.7. The van der Waals surface area contributed by atoms with Gasteiger partial charge in [-0.1, -0.05) is 192 Å². The van der Waals surface area contributed by atoms with Gasteiger partial charge in [-0.25, -0.2) is 4.79 Å². The quantitative estimate of drug-likeness (QED) is 0.0541. The van der Waals surface area contributed by atoms with Crippen molar-refractivity contribution in [3.8, 4) is 0 Å². The summed E-state index contributed by atoms with van der Waals surface area (Å²) in [6.07, 6.45) is 24.8. The van der Waals surface area contributed by atoms with E-state index in [9.17, 15) is 24.9 Å². The van der Waals surface area contributed by atoms with Gasteiger partial charge in [0, 0.05) is 13.0 Å². The van der Waals surface area contributed by atoms with Crippen LogP contribution in [0.4, 0.5) is 4.79 Å². The zero-order chi connectivity index (χ0) is 38.4. The average Bonchev–Trinajstić information content (AvgIpc) is 3.17. The van der Waals surface area contributed by atoms with E-state index in [1.807, 2.05) is 30.3 Å². The van der Waals surface area contributed by atoms with Crippen molar-refractivity contribution in [2.24, 2.45) is 0 Å². The molecule has 2 rings (SSSR count). The maximum absolute atomic E-state index is 13.9. The van der Waals surface area contributed by atoms with Crippen molar-refractivity contribution in [2.45, 2.75) is 218 Å². The molecule has 4 N–H and O–H groups in total. The van der Waals surface area contributed by atoms with Crippen LogP contribution in [0.3, 0.4) is 0 Å². The van der Waals surface area contributed by atoms with Gasteiger partial charge in [0.2, 0.25) is 5.91 Å². The number of carbonyl (C=O) groups excluding carboxylic acids is 2. The van der Waals surface area contributed by atoms with E-state index in [0.29, 0.717) is 13.0 Å². The smallest absolute Gasteiger partial charge is 0.407 e. The van der Waals surface area contributed by atoms with Crippen molar-refractivity contribution in [3.63, 3.8) is 0 Å². The van der Waals surface area contributed by atoms with Gasteiger partial charge in [0.25, 0.3) is 0 Å². The van der Waals surface area contributed by atoms with Crippen LogP contribution in [0.25, 0.3) is 0 Å². The first kappa shape index (κ1) is 47.0. The number of nitrogens with zero attached hydrogens (tertiary/aromatic N) is 1. The van der Waals surface area contributed by atoms with Crippen molar-refractivity contribution in [2.75, 3.05) is 13.2 Å². The SMILES string of the molecule is CCCCCCCCCCCCCCCCCC(=O)N(CCCCCCCCCCCC)[C@@H]1O[C@H](CO)[C@H](O)[C@H](O)[C@H]1NC(=O)OCc1ccccc1. The number of benzene rings is 1. The molecule has 0 spiro atoms. The molecule has 1 aromatic carbocycles. The monoisotopic (exact) mass is 747 g/mol. The van der Waals surface area contributed by atoms with Crippen molar-refractivity contribution in [1.82, 2.24) is 10.2 Å². The highest BCUT2D eigenvalue weighted by molar-refractivity contribution is 5.76. The molecule has 2 amide bonds. The molecule has 1 fully saturated rings. The molecule has 0 aliphatic carbocycles. The molecule has 1 aliphatic rings. The second kappa shape index (κ2) is 31.1. The minimum absolute atomic E-state index is 0.0310. The van der Waals surface area contributed by atoms with E-state index in [-0.39, 0.29) is 12.5 Å². The highest BCUT2D eigenvalue weighted by Crippen LogP contribution is 2.26. The van der Waals surface area contributed by atoms with Crippen molar-refractivity contribution in [1.29, 1.82) is 0 Å². The Hall–Kier alpha value is -2.20. The Kier molecular flexibility index (Phi) is 27.5. The van der Waals surface area contributed by atoms with E-state index >= 15 is 0 Å². The molecule has 5 atom stereocenters. The summed E-state index contributed by atoms with van der Waals surface area (Å²) < 4.78 is 11.6. The second-order valence-corrected chi connectivity index (χ2v) is 15.4. The molecule has 9 heteroatoms. The third-order valence-corrected chi connectivity index (χ3v) is 10.8. The van der Waals surface area contributed by atoms with Crippen LogP contribution < -0.4 is 5.32 Å². The molecule has 306 valence electrons. The number of hydrogen-bond acceptors (Lipinski definition) is 7. The van der Waals surface area contributed by atoms with Gasteiger partial charge in [-0.3, -0.25) is 4.79 Å². The second-order valence-electron chi connectivity index (χ2n) is 15.4. The summed E-state index contributed by atoms with van der Waals surface area (Å²) in [5, 5.41) is 34.6. The lowest BCUT2D eigenvalue weighted by atomic mass is 9.95. The van der Waals surface area contributed by atoms with Crippen molar-refractivity contribution < 1.29 is 34.4 Å². The first-order valence-corrected chi connectivity index (χ1v) is 21.8. The molecule has 9 nitrogen and oxygen atoms in total. The predicted octanol–water partition coefficient (Wildman–Crippen LogP) is 9.73. The van der Waals surface area contributed by atoms with Crippen LogP contribution in [-0.4, -0.2) is 76.0 Å². The third-order valence-electron chi connectivity index (χ3n) is 10.8. The molecule has 0 bridgehead atoms. The summed E-state index contributed by atoms with van der Waals surface area (Å²) in [5.74, 6) is -0.106. The topological polar surface area (TPSA) is 129 Å². The number of alkyl carbamates (subject to hydrolysis) is 1. The van der Waals surface area contributed by atoms with E-state index in [4.69, 9.17) is 9.47 Å². The first-order valence-electron chi connectivity index (χ1n) is 21.8. The van der Waals surface area contributed by atoms with Crippen LogP contribution in [0.5, 0.6) is 0 Å². The fraction of sp³-hybridized carbons (Fsp3) is 0.818. The van der Waals surface area contributed by atoms with Crippen molar-refractivity contribution in [3.05, 3.63) is 35.9 Å². The van der Waals surface area contributed by atoms with E-state index in [1.165, 1.54) is 116 Å². The molecular weight excluding hydrogens is 668 g/mol. The minimum Gasteiger partial charge on any atom is -0.445 e. The summed E-state index contributed by atoms with van der Waals surface area (Å²) in [4.78, 5) is 28.5. The molecule has 0 unspecified atom stereocenters. The fourth-order valence-electron chi connectivity index (χ4n) is 7.38. The predicted molar refractivity (Wildman–Crippen MR) is 214 cm³/mol. The Labute approximate surface area is 323 Å². The molecule has 53 heavy (non-hydrogen) atoms. The zero-order valence-electron chi connectivity index (χ0n) is 33.7. The summed E-state index contributed by atoms with van der Waals surface area (Å²) >= 11 is 0. The molecule has 0 radical (unpaired) electrons. The minimum atomic E-state index is -1.47. The highest BCUT2D eigenvalue weighted by Gasteiger charge is 2.48. The van der Waals surface area contributed by atoms with Crippen LogP contribution in [0.15, 0.2) is 30.3 Å². The van der Waals surface area contributed by atoms with Gasteiger partial charge in [-0.05, 0) is 18.4 Å². The lowest BCUT2D eigenvalue weighted by molar-refractivity contribution is -0.230. The van der Waals surface area contributed by atoms with Gasteiger partial charge in [-0.15, -0.1) is 0 Å². The number of aliphatic hydroxyl groups is 3. The molecular formula is C44H78N2O7. The lowest BCUT2D eigenvalue weighted by Gasteiger charge is -2.46. The van der Waals surface area contributed by atoms with Gasteiger partial charge in [0.1, 0.15) is 31.0 Å². The molecule has 1 aliphatic heterocycles. The van der Waals surface area contributed by atoms with Gasteiger partial charge in [0.05, 0.1) is 6.61 Å². The molecule has 0 saturated carbocycles.